The molecule has 3 rings (SSSR count). The number of hydrogen-bond donors (Lipinski definition) is 2. The quantitative estimate of drug-likeness (QED) is 0.761. The van der Waals surface area contributed by atoms with E-state index in [4.69, 9.17) is 11.6 Å². The average molecular weight is 318 g/mol. The van der Waals surface area contributed by atoms with Crippen LogP contribution in [0, 0.1) is 0 Å². The molecule has 0 saturated carbocycles. The Balaban J connectivity index is 1.82. The number of carbonyl (C=O) groups is 1. The molecule has 0 radical (unpaired) electrons. The lowest BCUT2D eigenvalue weighted by molar-refractivity contribution is 0.0949. The molecule has 0 aliphatic heterocycles. The Morgan fingerprint density at radius 2 is 1.95 bits per heavy atom. The molecule has 0 spiro atoms. The van der Waals surface area contributed by atoms with Crippen molar-refractivity contribution in [1.29, 1.82) is 0 Å². The summed E-state index contributed by atoms with van der Waals surface area (Å²) in [4.78, 5) is 13.2. The highest BCUT2D eigenvalue weighted by Crippen LogP contribution is 2.28. The Morgan fingerprint density at radius 3 is 2.71 bits per heavy atom. The van der Waals surface area contributed by atoms with Crippen LogP contribution in [-0.4, -0.2) is 11.0 Å². The summed E-state index contributed by atoms with van der Waals surface area (Å²) in [6.07, 6.45) is 0. The van der Waals surface area contributed by atoms with Crippen molar-refractivity contribution in [1.82, 2.24) is 5.32 Å². The minimum absolute atomic E-state index is 0.00909. The van der Waals surface area contributed by atoms with Crippen LogP contribution in [0.15, 0.2) is 48.5 Å². The third-order valence-electron chi connectivity index (χ3n) is 3.20. The van der Waals surface area contributed by atoms with E-state index in [1.54, 1.807) is 18.2 Å². The van der Waals surface area contributed by atoms with Crippen molar-refractivity contribution in [2.24, 2.45) is 0 Å². The highest BCUT2D eigenvalue weighted by Gasteiger charge is 2.13. The molecule has 1 aromatic heterocycles. The van der Waals surface area contributed by atoms with Gasteiger partial charge in [0.15, 0.2) is 0 Å². The van der Waals surface area contributed by atoms with Gasteiger partial charge in [-0.25, -0.2) is 0 Å². The first-order valence-electron chi connectivity index (χ1n) is 6.38. The summed E-state index contributed by atoms with van der Waals surface area (Å²) in [5.74, 6) is -0.294. The van der Waals surface area contributed by atoms with E-state index in [0.717, 1.165) is 10.3 Å². The normalized spacial score (nSPS) is 10.7. The van der Waals surface area contributed by atoms with Crippen LogP contribution in [0.5, 0.6) is 5.75 Å². The standard InChI is InChI=1S/C16H12ClNO2S/c17-14-8-6-11(21-14)9-18-16(20)13-7-5-10-3-1-2-4-12(10)15(13)19/h1-8,19H,9H2,(H,18,20). The smallest absolute Gasteiger partial charge is 0.255 e. The molecule has 0 aliphatic carbocycles. The van der Waals surface area contributed by atoms with Crippen LogP contribution in [0.2, 0.25) is 4.34 Å². The predicted molar refractivity (Wildman–Crippen MR) is 86.1 cm³/mol. The van der Waals surface area contributed by atoms with E-state index < -0.39 is 0 Å². The lowest BCUT2D eigenvalue weighted by atomic mass is 10.0. The lowest BCUT2D eigenvalue weighted by Crippen LogP contribution is -2.22. The van der Waals surface area contributed by atoms with Gasteiger partial charge in [-0.2, -0.15) is 0 Å². The Morgan fingerprint density at radius 1 is 1.14 bits per heavy atom. The minimum atomic E-state index is -0.303. The molecular formula is C16H12ClNO2S. The van der Waals surface area contributed by atoms with Crippen LogP contribution < -0.4 is 5.32 Å². The number of rotatable bonds is 3. The Labute approximate surface area is 130 Å². The molecule has 0 fully saturated rings. The van der Waals surface area contributed by atoms with Gasteiger partial charge in [-0.05, 0) is 23.6 Å². The maximum Gasteiger partial charge on any atom is 0.255 e. The topological polar surface area (TPSA) is 49.3 Å². The van der Waals surface area contributed by atoms with Crippen molar-refractivity contribution in [2.75, 3.05) is 0 Å². The molecule has 0 aliphatic rings. The van der Waals surface area contributed by atoms with Gasteiger partial charge in [0.1, 0.15) is 5.75 Å². The van der Waals surface area contributed by atoms with Crippen molar-refractivity contribution in [3.05, 3.63) is 63.3 Å². The number of fused-ring (bicyclic) bond motifs is 1. The summed E-state index contributed by atoms with van der Waals surface area (Å²) < 4.78 is 0.688. The molecule has 21 heavy (non-hydrogen) atoms. The lowest BCUT2D eigenvalue weighted by Gasteiger charge is -2.08. The van der Waals surface area contributed by atoms with Gasteiger partial charge in [-0.1, -0.05) is 41.9 Å². The molecule has 5 heteroatoms. The van der Waals surface area contributed by atoms with E-state index in [9.17, 15) is 9.90 Å². The maximum absolute atomic E-state index is 12.2. The second kappa shape index (κ2) is 5.76. The van der Waals surface area contributed by atoms with Crippen LogP contribution >= 0.6 is 22.9 Å². The zero-order valence-electron chi connectivity index (χ0n) is 11.0. The number of halogens is 1. The highest BCUT2D eigenvalue weighted by molar-refractivity contribution is 7.16. The number of amides is 1. The van der Waals surface area contributed by atoms with Crippen molar-refractivity contribution >= 4 is 39.6 Å². The number of hydrogen-bond acceptors (Lipinski definition) is 3. The summed E-state index contributed by atoms with van der Waals surface area (Å²) >= 11 is 7.27. The molecule has 3 nitrogen and oxygen atoms in total. The summed E-state index contributed by atoms with van der Waals surface area (Å²) in [6.45, 7) is 0.391. The molecule has 3 aromatic rings. The van der Waals surface area contributed by atoms with Gasteiger partial charge in [-0.15, -0.1) is 11.3 Å². The molecule has 0 unspecified atom stereocenters. The number of phenolic OH excluding ortho intramolecular Hbond substituents is 1. The van der Waals surface area contributed by atoms with E-state index in [2.05, 4.69) is 5.32 Å². The zero-order valence-corrected chi connectivity index (χ0v) is 12.5. The third-order valence-corrected chi connectivity index (χ3v) is 4.43. The highest BCUT2D eigenvalue weighted by atomic mass is 35.5. The van der Waals surface area contributed by atoms with Crippen LogP contribution in [-0.2, 0) is 6.54 Å². The van der Waals surface area contributed by atoms with Gasteiger partial charge in [0.2, 0.25) is 0 Å². The molecule has 0 saturated heterocycles. The molecular weight excluding hydrogens is 306 g/mol. The van der Waals surface area contributed by atoms with Gasteiger partial charge in [0.05, 0.1) is 16.4 Å². The Bertz CT molecular complexity index is 813. The minimum Gasteiger partial charge on any atom is -0.506 e. The first kappa shape index (κ1) is 13.9. The molecule has 0 atom stereocenters. The SMILES string of the molecule is O=C(NCc1ccc(Cl)s1)c1ccc2ccccc2c1O. The van der Waals surface area contributed by atoms with Gasteiger partial charge in [0, 0.05) is 10.3 Å². The summed E-state index contributed by atoms with van der Waals surface area (Å²) in [5, 5.41) is 14.6. The Hall–Kier alpha value is -2.04. The van der Waals surface area contributed by atoms with Gasteiger partial charge in [-0.3, -0.25) is 4.79 Å². The van der Waals surface area contributed by atoms with Crippen LogP contribution in [0.4, 0.5) is 0 Å². The van der Waals surface area contributed by atoms with E-state index in [1.165, 1.54) is 11.3 Å². The molecule has 1 heterocycles. The first-order chi connectivity index (χ1) is 10.1. The van der Waals surface area contributed by atoms with Gasteiger partial charge >= 0.3 is 0 Å². The van der Waals surface area contributed by atoms with E-state index in [1.807, 2.05) is 30.3 Å². The van der Waals surface area contributed by atoms with Crippen LogP contribution in [0.1, 0.15) is 15.2 Å². The number of nitrogens with one attached hydrogen (secondary N) is 1. The predicted octanol–water partition coefficient (Wildman–Crippen LogP) is 4.19. The molecule has 1 amide bonds. The van der Waals surface area contributed by atoms with E-state index in [-0.39, 0.29) is 17.2 Å². The summed E-state index contributed by atoms with van der Waals surface area (Å²) in [7, 11) is 0. The first-order valence-corrected chi connectivity index (χ1v) is 7.58. The van der Waals surface area contributed by atoms with E-state index in [0.29, 0.717) is 16.3 Å². The monoisotopic (exact) mass is 317 g/mol. The van der Waals surface area contributed by atoms with Crippen LogP contribution in [0.3, 0.4) is 0 Å². The largest absolute Gasteiger partial charge is 0.506 e. The van der Waals surface area contributed by atoms with Gasteiger partial charge in [0.25, 0.3) is 5.91 Å². The molecule has 106 valence electrons. The fourth-order valence-corrected chi connectivity index (χ4v) is 3.17. The fourth-order valence-electron chi connectivity index (χ4n) is 2.15. The number of benzene rings is 2. The Kier molecular flexibility index (Phi) is 3.82. The molecule has 0 bridgehead atoms. The fraction of sp³-hybridized carbons (Fsp3) is 0.0625. The average Bonchev–Trinajstić information content (AvgIpc) is 2.91. The molecule has 2 aromatic carbocycles. The second-order valence-electron chi connectivity index (χ2n) is 4.57. The van der Waals surface area contributed by atoms with Gasteiger partial charge < -0.3 is 10.4 Å². The van der Waals surface area contributed by atoms with Crippen molar-refractivity contribution in [3.8, 4) is 5.75 Å². The van der Waals surface area contributed by atoms with E-state index >= 15 is 0 Å². The summed E-state index contributed by atoms with van der Waals surface area (Å²) in [6, 6.07) is 14.5. The number of aromatic hydroxyl groups is 1. The van der Waals surface area contributed by atoms with Crippen molar-refractivity contribution < 1.29 is 9.90 Å². The second-order valence-corrected chi connectivity index (χ2v) is 6.37. The van der Waals surface area contributed by atoms with Crippen LogP contribution in [0.25, 0.3) is 10.8 Å². The molecule has 2 N–H and O–H groups in total. The zero-order chi connectivity index (χ0) is 14.8. The maximum atomic E-state index is 12.2. The summed E-state index contributed by atoms with van der Waals surface area (Å²) in [5.41, 5.74) is 0.274. The van der Waals surface area contributed by atoms with Crippen molar-refractivity contribution in [3.63, 3.8) is 0 Å². The number of thiophene rings is 1. The van der Waals surface area contributed by atoms with Crippen molar-refractivity contribution in [2.45, 2.75) is 6.54 Å². The third kappa shape index (κ3) is 2.86. The number of carbonyl (C=O) groups excluding carboxylic acids is 1. The number of phenols is 1.